The molecule has 3 aromatic carbocycles. The van der Waals surface area contributed by atoms with Crippen LogP contribution in [0.15, 0.2) is 76.6 Å². The van der Waals surface area contributed by atoms with Crippen LogP contribution in [-0.2, 0) is 11.2 Å². The van der Waals surface area contributed by atoms with Crippen LogP contribution in [0.1, 0.15) is 11.3 Å². The van der Waals surface area contributed by atoms with Gasteiger partial charge in [-0.2, -0.15) is 10.2 Å². The molecule has 0 atom stereocenters. The molecule has 1 aromatic heterocycles. The Morgan fingerprint density at radius 1 is 0.963 bits per heavy atom. The van der Waals surface area contributed by atoms with Gasteiger partial charge in [-0.15, -0.1) is 0 Å². The number of hydrogen-bond donors (Lipinski definition) is 2. The molecular weight excluding hydrogens is 340 g/mol. The molecule has 0 fully saturated rings. The van der Waals surface area contributed by atoms with Crippen LogP contribution in [0.2, 0.25) is 0 Å². The molecule has 0 aliphatic rings. The third kappa shape index (κ3) is 3.46. The van der Waals surface area contributed by atoms with E-state index in [-0.39, 0.29) is 17.9 Å². The van der Waals surface area contributed by atoms with Gasteiger partial charge in [-0.1, -0.05) is 60.7 Å². The highest BCUT2D eigenvalue weighted by atomic mass is 16.2. The summed E-state index contributed by atoms with van der Waals surface area (Å²) in [5, 5.41) is 13.8. The van der Waals surface area contributed by atoms with Gasteiger partial charge >= 0.3 is 0 Å². The van der Waals surface area contributed by atoms with E-state index in [9.17, 15) is 9.59 Å². The molecule has 0 aliphatic heterocycles. The number of carbonyl (C=O) groups is 1. The first-order chi connectivity index (χ1) is 13.2. The van der Waals surface area contributed by atoms with Crippen molar-refractivity contribution in [1.29, 1.82) is 0 Å². The van der Waals surface area contributed by atoms with Gasteiger partial charge < -0.3 is 0 Å². The van der Waals surface area contributed by atoms with E-state index in [2.05, 4.69) is 20.7 Å². The fourth-order valence-corrected chi connectivity index (χ4v) is 3.03. The van der Waals surface area contributed by atoms with E-state index in [0.717, 1.165) is 16.3 Å². The molecule has 1 amide bonds. The minimum absolute atomic E-state index is 0.0180. The predicted octanol–water partition coefficient (Wildman–Crippen LogP) is 2.77. The fraction of sp³-hybridized carbons (Fsp3) is 0.0476. The number of H-pyrrole nitrogens is 1. The van der Waals surface area contributed by atoms with E-state index < -0.39 is 0 Å². The summed E-state index contributed by atoms with van der Waals surface area (Å²) in [6, 6.07) is 21.0. The number of nitrogens with zero attached hydrogens (tertiary/aromatic N) is 2. The van der Waals surface area contributed by atoms with Gasteiger partial charge in [-0.05, 0) is 16.8 Å². The maximum atomic E-state index is 12.2. The molecule has 1 heterocycles. The molecule has 0 aliphatic carbocycles. The highest BCUT2D eigenvalue weighted by Gasteiger charge is 2.10. The van der Waals surface area contributed by atoms with E-state index in [1.807, 2.05) is 48.5 Å². The Morgan fingerprint density at radius 3 is 2.52 bits per heavy atom. The Bertz CT molecular complexity index is 1220. The van der Waals surface area contributed by atoms with Gasteiger partial charge in [0.2, 0.25) is 5.91 Å². The highest BCUT2D eigenvalue weighted by Crippen LogP contribution is 2.16. The molecular formula is C21H16N4O2. The highest BCUT2D eigenvalue weighted by molar-refractivity contribution is 6.00. The van der Waals surface area contributed by atoms with E-state index >= 15 is 0 Å². The minimum Gasteiger partial charge on any atom is -0.273 e. The van der Waals surface area contributed by atoms with Gasteiger partial charge in [0.15, 0.2) is 0 Å². The largest absolute Gasteiger partial charge is 0.273 e. The second kappa shape index (κ2) is 7.21. The Balaban J connectivity index is 1.51. The van der Waals surface area contributed by atoms with Gasteiger partial charge in [0, 0.05) is 10.9 Å². The zero-order chi connectivity index (χ0) is 18.6. The number of hydrazone groups is 1. The number of aromatic nitrogens is 2. The number of aromatic amines is 1. The van der Waals surface area contributed by atoms with E-state index in [0.29, 0.717) is 16.5 Å². The molecule has 27 heavy (non-hydrogen) atoms. The topological polar surface area (TPSA) is 87.2 Å². The number of fused-ring (bicyclic) bond motifs is 2. The predicted molar refractivity (Wildman–Crippen MR) is 106 cm³/mol. The number of rotatable bonds is 4. The third-order valence-electron chi connectivity index (χ3n) is 4.32. The van der Waals surface area contributed by atoms with Crippen LogP contribution in [0.5, 0.6) is 0 Å². The monoisotopic (exact) mass is 356 g/mol. The summed E-state index contributed by atoms with van der Waals surface area (Å²) in [7, 11) is 0. The van der Waals surface area contributed by atoms with Gasteiger partial charge in [0.05, 0.1) is 23.7 Å². The Hall–Kier alpha value is -3.80. The average Bonchev–Trinajstić information content (AvgIpc) is 2.70. The Labute approximate surface area is 154 Å². The number of carbonyl (C=O) groups excluding carboxylic acids is 1. The standard InChI is InChI=1S/C21H16N4O2/c26-20(12-19-17-10-3-4-11-18(17)21(27)25-23-19)24-22-13-15-8-5-7-14-6-1-2-9-16(14)15/h1-11,13H,12H2,(H,24,26)(H,25,27)/b22-13+. The van der Waals surface area contributed by atoms with E-state index in [4.69, 9.17) is 0 Å². The lowest BCUT2D eigenvalue weighted by molar-refractivity contribution is -0.120. The number of benzene rings is 3. The normalized spacial score (nSPS) is 11.3. The second-order valence-corrected chi connectivity index (χ2v) is 6.08. The summed E-state index contributed by atoms with van der Waals surface area (Å²) in [5.74, 6) is -0.309. The summed E-state index contributed by atoms with van der Waals surface area (Å²) in [4.78, 5) is 24.0. The summed E-state index contributed by atoms with van der Waals surface area (Å²) in [6.07, 6.45) is 1.64. The summed E-state index contributed by atoms with van der Waals surface area (Å²) in [6.45, 7) is 0. The van der Waals surface area contributed by atoms with Gasteiger partial charge in [0.25, 0.3) is 5.56 Å². The second-order valence-electron chi connectivity index (χ2n) is 6.08. The van der Waals surface area contributed by atoms with Crippen LogP contribution < -0.4 is 11.0 Å². The SMILES string of the molecule is O=C(Cc1n[nH]c(=O)c2ccccc12)N/N=C/c1cccc2ccccc12. The first-order valence-electron chi connectivity index (χ1n) is 8.48. The minimum atomic E-state index is -0.309. The number of amides is 1. The first kappa shape index (κ1) is 16.7. The maximum Gasteiger partial charge on any atom is 0.272 e. The lowest BCUT2D eigenvalue weighted by atomic mass is 10.1. The molecule has 0 unspecified atom stereocenters. The molecule has 0 spiro atoms. The summed E-state index contributed by atoms with van der Waals surface area (Å²) < 4.78 is 0. The van der Waals surface area contributed by atoms with Crippen molar-refractivity contribution in [2.24, 2.45) is 5.10 Å². The molecule has 0 saturated carbocycles. The molecule has 6 heteroatoms. The lowest BCUT2D eigenvalue weighted by Crippen LogP contribution is -2.22. The Kier molecular flexibility index (Phi) is 4.45. The molecule has 4 rings (SSSR count). The van der Waals surface area contributed by atoms with Crippen LogP contribution in [0.25, 0.3) is 21.5 Å². The zero-order valence-electron chi connectivity index (χ0n) is 14.3. The van der Waals surface area contributed by atoms with Crippen molar-refractivity contribution in [2.45, 2.75) is 6.42 Å². The summed E-state index contributed by atoms with van der Waals surface area (Å²) in [5.41, 5.74) is 3.67. The van der Waals surface area contributed by atoms with Crippen molar-refractivity contribution in [2.75, 3.05) is 0 Å². The molecule has 6 nitrogen and oxygen atoms in total. The smallest absolute Gasteiger partial charge is 0.272 e. The first-order valence-corrected chi connectivity index (χ1v) is 8.48. The van der Waals surface area contributed by atoms with Crippen LogP contribution in [0, 0.1) is 0 Å². The Morgan fingerprint density at radius 2 is 1.67 bits per heavy atom. The maximum absolute atomic E-state index is 12.2. The molecule has 0 saturated heterocycles. The molecule has 0 radical (unpaired) electrons. The quantitative estimate of drug-likeness (QED) is 0.435. The van der Waals surface area contributed by atoms with Gasteiger partial charge in [0.1, 0.15) is 0 Å². The van der Waals surface area contributed by atoms with Gasteiger partial charge in [-0.3, -0.25) is 9.59 Å². The number of nitrogens with one attached hydrogen (secondary N) is 2. The van der Waals surface area contributed by atoms with Crippen molar-refractivity contribution >= 4 is 33.7 Å². The lowest BCUT2D eigenvalue weighted by Gasteiger charge is -2.04. The van der Waals surface area contributed by atoms with Crippen LogP contribution in [-0.4, -0.2) is 22.3 Å². The molecule has 2 N–H and O–H groups in total. The average molecular weight is 356 g/mol. The van der Waals surface area contributed by atoms with Crippen molar-refractivity contribution in [3.8, 4) is 0 Å². The molecule has 0 bridgehead atoms. The zero-order valence-corrected chi connectivity index (χ0v) is 14.3. The van der Waals surface area contributed by atoms with Crippen molar-refractivity contribution < 1.29 is 4.79 Å². The van der Waals surface area contributed by atoms with Crippen molar-refractivity contribution in [1.82, 2.24) is 15.6 Å². The van der Waals surface area contributed by atoms with Crippen molar-refractivity contribution in [3.63, 3.8) is 0 Å². The van der Waals surface area contributed by atoms with Gasteiger partial charge in [-0.25, -0.2) is 10.5 Å². The van der Waals surface area contributed by atoms with Crippen molar-refractivity contribution in [3.05, 3.63) is 88.3 Å². The summed E-state index contributed by atoms with van der Waals surface area (Å²) >= 11 is 0. The van der Waals surface area contributed by atoms with E-state index in [1.54, 1.807) is 24.4 Å². The van der Waals surface area contributed by atoms with Crippen LogP contribution in [0.3, 0.4) is 0 Å². The van der Waals surface area contributed by atoms with Crippen LogP contribution >= 0.6 is 0 Å². The van der Waals surface area contributed by atoms with Crippen LogP contribution in [0.4, 0.5) is 0 Å². The fourth-order valence-electron chi connectivity index (χ4n) is 3.03. The molecule has 4 aromatic rings. The number of hydrogen-bond acceptors (Lipinski definition) is 4. The van der Waals surface area contributed by atoms with E-state index in [1.165, 1.54) is 0 Å². The third-order valence-corrected chi connectivity index (χ3v) is 4.32. The molecule has 132 valence electrons.